The van der Waals surface area contributed by atoms with Crippen LogP contribution in [0.2, 0.25) is 0 Å². The van der Waals surface area contributed by atoms with Crippen molar-refractivity contribution in [1.82, 2.24) is 4.98 Å². The van der Waals surface area contributed by atoms with Gasteiger partial charge in [-0.1, -0.05) is 30.3 Å². The molecule has 1 heterocycles. The van der Waals surface area contributed by atoms with Crippen LogP contribution in [0.4, 0.5) is 20.2 Å². The Kier molecular flexibility index (Phi) is 4.10. The van der Waals surface area contributed by atoms with Crippen LogP contribution in [-0.2, 0) is 0 Å². The van der Waals surface area contributed by atoms with E-state index in [9.17, 15) is 13.6 Å². The van der Waals surface area contributed by atoms with Crippen LogP contribution in [0.25, 0.3) is 0 Å². The summed E-state index contributed by atoms with van der Waals surface area (Å²) in [6.07, 6.45) is 2.92. The van der Waals surface area contributed by atoms with E-state index in [-0.39, 0.29) is 11.5 Å². The molecule has 0 spiro atoms. The number of benzene rings is 2. The smallest absolute Gasteiger partial charge is 0.196 e. The van der Waals surface area contributed by atoms with Crippen molar-refractivity contribution in [3.8, 4) is 0 Å². The molecule has 5 heteroatoms. The monoisotopic (exact) mass is 310 g/mol. The maximum Gasteiger partial charge on any atom is 0.196 e. The van der Waals surface area contributed by atoms with Crippen molar-refractivity contribution in [2.45, 2.75) is 0 Å². The molecule has 23 heavy (non-hydrogen) atoms. The third-order valence-electron chi connectivity index (χ3n) is 3.24. The summed E-state index contributed by atoms with van der Waals surface area (Å²) in [5.74, 6) is -1.62. The van der Waals surface area contributed by atoms with Crippen molar-refractivity contribution in [3.05, 3.63) is 89.8 Å². The molecule has 3 nitrogen and oxygen atoms in total. The lowest BCUT2D eigenvalue weighted by Crippen LogP contribution is -2.06. The van der Waals surface area contributed by atoms with E-state index in [1.165, 1.54) is 12.4 Å². The number of carbonyl (C=O) groups excluding carboxylic acids is 1. The number of halogens is 2. The zero-order chi connectivity index (χ0) is 16.2. The first kappa shape index (κ1) is 14.8. The number of carbonyl (C=O) groups is 1. The maximum atomic E-state index is 13.3. The molecular weight excluding hydrogens is 298 g/mol. The number of anilines is 2. The quantitative estimate of drug-likeness (QED) is 0.729. The summed E-state index contributed by atoms with van der Waals surface area (Å²) in [6.45, 7) is 0. The summed E-state index contributed by atoms with van der Waals surface area (Å²) in [7, 11) is 0. The minimum absolute atomic E-state index is 0.218. The minimum atomic E-state index is -0.697. The van der Waals surface area contributed by atoms with E-state index in [0.29, 0.717) is 16.8 Å². The van der Waals surface area contributed by atoms with Gasteiger partial charge in [-0.25, -0.2) is 8.78 Å². The van der Waals surface area contributed by atoms with Gasteiger partial charge in [-0.15, -0.1) is 0 Å². The highest BCUT2D eigenvalue weighted by Crippen LogP contribution is 2.23. The first-order valence-corrected chi connectivity index (χ1v) is 6.90. The van der Waals surface area contributed by atoms with Crippen molar-refractivity contribution < 1.29 is 13.6 Å². The Bertz CT molecular complexity index is 830. The molecule has 0 saturated heterocycles. The first-order valence-electron chi connectivity index (χ1n) is 6.90. The molecule has 0 amide bonds. The Balaban J connectivity index is 1.96. The Labute approximate surface area is 131 Å². The molecule has 2 aromatic carbocycles. The van der Waals surface area contributed by atoms with Gasteiger partial charge in [0, 0.05) is 29.7 Å². The zero-order valence-electron chi connectivity index (χ0n) is 12.0. The molecular formula is C18H12F2N2O. The highest BCUT2D eigenvalue weighted by molar-refractivity contribution is 6.12. The van der Waals surface area contributed by atoms with Gasteiger partial charge in [-0.2, -0.15) is 0 Å². The molecule has 0 unspecified atom stereocenters. The van der Waals surface area contributed by atoms with Gasteiger partial charge in [0.05, 0.1) is 11.3 Å². The molecule has 114 valence electrons. The molecule has 3 rings (SSSR count). The minimum Gasteiger partial charge on any atom is -0.355 e. The van der Waals surface area contributed by atoms with E-state index in [0.717, 1.165) is 18.2 Å². The van der Waals surface area contributed by atoms with Crippen molar-refractivity contribution >= 4 is 17.2 Å². The van der Waals surface area contributed by atoms with Crippen molar-refractivity contribution in [3.63, 3.8) is 0 Å². The molecule has 0 atom stereocenters. The molecule has 1 aromatic heterocycles. The maximum absolute atomic E-state index is 13.3. The fraction of sp³-hybridized carbons (Fsp3) is 0. The Morgan fingerprint density at radius 2 is 1.65 bits per heavy atom. The van der Waals surface area contributed by atoms with E-state index in [4.69, 9.17) is 0 Å². The van der Waals surface area contributed by atoms with Gasteiger partial charge < -0.3 is 5.32 Å². The lowest BCUT2D eigenvalue weighted by atomic mass is 10.0. The van der Waals surface area contributed by atoms with Crippen LogP contribution in [-0.4, -0.2) is 10.8 Å². The highest BCUT2D eigenvalue weighted by Gasteiger charge is 2.14. The van der Waals surface area contributed by atoms with Crippen LogP contribution in [0.15, 0.2) is 67.0 Å². The average molecular weight is 310 g/mol. The molecule has 0 fully saturated rings. The Morgan fingerprint density at radius 1 is 0.957 bits per heavy atom. The van der Waals surface area contributed by atoms with Gasteiger partial charge in [-0.05, 0) is 18.2 Å². The fourth-order valence-corrected chi connectivity index (χ4v) is 2.21. The summed E-state index contributed by atoms with van der Waals surface area (Å²) >= 11 is 0. The predicted octanol–water partition coefficient (Wildman–Crippen LogP) is 4.33. The predicted molar refractivity (Wildman–Crippen MR) is 83.8 cm³/mol. The standard InChI is InChI=1S/C18H12F2N2O/c19-13-8-14(20)10-15(9-13)22-17-6-7-21-11-16(17)18(23)12-4-2-1-3-5-12/h1-11H,(H,21,22). The molecule has 0 aliphatic rings. The average Bonchev–Trinajstić information content (AvgIpc) is 2.54. The first-order chi connectivity index (χ1) is 11.1. The summed E-state index contributed by atoms with van der Waals surface area (Å²) in [5, 5.41) is 2.86. The van der Waals surface area contributed by atoms with Gasteiger partial charge in [0.1, 0.15) is 11.6 Å². The molecule has 0 radical (unpaired) electrons. The van der Waals surface area contributed by atoms with E-state index in [2.05, 4.69) is 10.3 Å². The lowest BCUT2D eigenvalue weighted by Gasteiger charge is -2.11. The summed E-state index contributed by atoms with van der Waals surface area (Å²) in [4.78, 5) is 16.5. The number of nitrogens with zero attached hydrogens (tertiary/aromatic N) is 1. The number of hydrogen-bond donors (Lipinski definition) is 1. The number of hydrogen-bond acceptors (Lipinski definition) is 3. The molecule has 0 aliphatic heterocycles. The summed E-state index contributed by atoms with van der Waals surface area (Å²) < 4.78 is 26.6. The highest BCUT2D eigenvalue weighted by atomic mass is 19.1. The molecule has 0 aliphatic carbocycles. The van der Waals surface area contributed by atoms with Crippen LogP contribution in [0, 0.1) is 11.6 Å². The zero-order valence-corrected chi connectivity index (χ0v) is 12.0. The topological polar surface area (TPSA) is 42.0 Å². The van der Waals surface area contributed by atoms with Crippen molar-refractivity contribution in [1.29, 1.82) is 0 Å². The number of nitrogens with one attached hydrogen (secondary N) is 1. The second kappa shape index (κ2) is 6.36. The van der Waals surface area contributed by atoms with Gasteiger partial charge in [0.25, 0.3) is 0 Å². The van der Waals surface area contributed by atoms with Crippen LogP contribution >= 0.6 is 0 Å². The Morgan fingerprint density at radius 3 is 2.35 bits per heavy atom. The molecule has 0 bridgehead atoms. The Hall–Kier alpha value is -3.08. The van der Waals surface area contributed by atoms with E-state index in [1.54, 1.807) is 30.3 Å². The van der Waals surface area contributed by atoms with Crippen LogP contribution in [0.3, 0.4) is 0 Å². The van der Waals surface area contributed by atoms with Crippen LogP contribution in [0.1, 0.15) is 15.9 Å². The molecule has 3 aromatic rings. The second-order valence-electron chi connectivity index (χ2n) is 4.90. The van der Waals surface area contributed by atoms with E-state index >= 15 is 0 Å². The summed E-state index contributed by atoms with van der Waals surface area (Å²) in [6, 6.07) is 13.4. The molecule has 0 saturated carbocycles. The van der Waals surface area contributed by atoms with Gasteiger partial charge in [-0.3, -0.25) is 9.78 Å². The third kappa shape index (κ3) is 3.40. The van der Waals surface area contributed by atoms with Gasteiger partial charge >= 0.3 is 0 Å². The molecule has 1 N–H and O–H groups in total. The summed E-state index contributed by atoms with van der Waals surface area (Å²) in [5.41, 5.74) is 1.48. The third-order valence-corrected chi connectivity index (χ3v) is 3.24. The van der Waals surface area contributed by atoms with Crippen LogP contribution < -0.4 is 5.32 Å². The second-order valence-corrected chi connectivity index (χ2v) is 4.90. The van der Waals surface area contributed by atoms with Crippen molar-refractivity contribution in [2.75, 3.05) is 5.32 Å². The SMILES string of the molecule is O=C(c1ccccc1)c1cnccc1Nc1cc(F)cc(F)c1. The number of pyridine rings is 1. The largest absolute Gasteiger partial charge is 0.355 e. The van der Waals surface area contributed by atoms with E-state index in [1.807, 2.05) is 6.07 Å². The lowest BCUT2D eigenvalue weighted by molar-refractivity contribution is 0.103. The normalized spacial score (nSPS) is 10.3. The number of rotatable bonds is 4. The van der Waals surface area contributed by atoms with Gasteiger partial charge in [0.2, 0.25) is 0 Å². The van der Waals surface area contributed by atoms with Gasteiger partial charge in [0.15, 0.2) is 5.78 Å². The number of aromatic nitrogens is 1. The van der Waals surface area contributed by atoms with Crippen LogP contribution in [0.5, 0.6) is 0 Å². The van der Waals surface area contributed by atoms with E-state index < -0.39 is 11.6 Å². The van der Waals surface area contributed by atoms with Crippen molar-refractivity contribution in [2.24, 2.45) is 0 Å². The number of ketones is 1. The fourth-order valence-electron chi connectivity index (χ4n) is 2.21.